The Hall–Kier alpha value is -3.34. The van der Waals surface area contributed by atoms with Crippen LogP contribution in [0, 0.1) is 11.3 Å². The van der Waals surface area contributed by atoms with Gasteiger partial charge in [0.2, 0.25) is 0 Å². The van der Waals surface area contributed by atoms with E-state index in [9.17, 15) is 13.2 Å². The first-order valence-corrected chi connectivity index (χ1v) is 11.8. The molecule has 1 aliphatic heterocycles. The molecule has 1 aliphatic rings. The van der Waals surface area contributed by atoms with Crippen molar-refractivity contribution in [2.45, 2.75) is 31.0 Å². The molecule has 4 rings (SSSR count). The van der Waals surface area contributed by atoms with Crippen LogP contribution in [0.15, 0.2) is 66.7 Å². The van der Waals surface area contributed by atoms with E-state index in [-0.39, 0.29) is 12.0 Å². The number of ether oxygens (including phenoxy) is 2. The summed E-state index contributed by atoms with van der Waals surface area (Å²) in [5.74, 6) is 0.774. The maximum atomic E-state index is 13.7. The van der Waals surface area contributed by atoms with Crippen LogP contribution in [0.2, 0.25) is 0 Å². The molecule has 1 saturated heterocycles. The van der Waals surface area contributed by atoms with Gasteiger partial charge in [0.05, 0.1) is 37.5 Å². The van der Waals surface area contributed by atoms with Gasteiger partial charge in [0.15, 0.2) is 0 Å². The van der Waals surface area contributed by atoms with Gasteiger partial charge in [-0.15, -0.1) is 0 Å². The number of nitriles is 1. The van der Waals surface area contributed by atoms with Gasteiger partial charge < -0.3 is 14.4 Å². The summed E-state index contributed by atoms with van der Waals surface area (Å²) in [5, 5.41) is 9.02. The Balaban J connectivity index is 1.58. The average molecular weight is 495 g/mol. The molecule has 0 amide bonds. The first-order chi connectivity index (χ1) is 17.2. The number of piperidine rings is 1. The highest BCUT2D eigenvalue weighted by Crippen LogP contribution is 2.38. The minimum Gasteiger partial charge on any atom is -0.497 e. The van der Waals surface area contributed by atoms with Gasteiger partial charge in [0.25, 0.3) is 0 Å². The third-order valence-electron chi connectivity index (χ3n) is 6.94. The van der Waals surface area contributed by atoms with Crippen molar-refractivity contribution in [3.63, 3.8) is 0 Å². The van der Waals surface area contributed by atoms with Gasteiger partial charge in [-0.3, -0.25) is 0 Å². The van der Waals surface area contributed by atoms with Crippen LogP contribution in [0.3, 0.4) is 0 Å². The van der Waals surface area contributed by atoms with E-state index in [0.29, 0.717) is 28.9 Å². The second-order valence-electron chi connectivity index (χ2n) is 9.41. The van der Waals surface area contributed by atoms with Crippen LogP contribution in [0.1, 0.15) is 35.1 Å². The molecule has 0 spiro atoms. The Labute approximate surface area is 209 Å². The molecule has 0 radical (unpaired) electrons. The van der Waals surface area contributed by atoms with Gasteiger partial charge in [-0.25, -0.2) is 0 Å². The summed E-state index contributed by atoms with van der Waals surface area (Å²) in [5.41, 5.74) is 2.13. The fourth-order valence-corrected chi connectivity index (χ4v) is 4.72. The molecule has 0 N–H and O–H groups in total. The number of nitrogens with zero attached hydrogens (tertiary/aromatic N) is 2. The number of halogens is 3. The van der Waals surface area contributed by atoms with Crippen LogP contribution in [0.5, 0.6) is 5.75 Å². The highest BCUT2D eigenvalue weighted by molar-refractivity contribution is 5.66. The summed E-state index contributed by atoms with van der Waals surface area (Å²) in [6.07, 6.45) is -2.71. The fraction of sp³-hybridized carbons (Fsp3) is 0.345. The van der Waals surface area contributed by atoms with E-state index >= 15 is 0 Å². The number of methoxy groups -OCH3 is 1. The highest BCUT2D eigenvalue weighted by Gasteiger charge is 2.36. The molecule has 7 heteroatoms. The maximum Gasteiger partial charge on any atom is 0.416 e. The van der Waals surface area contributed by atoms with E-state index in [1.165, 1.54) is 0 Å². The Bertz CT molecular complexity index is 1220. The standard InChI is InChI=1S/C29H29F3N2O2/c1-34-12-10-28(11-13-34,25-4-3-5-27(17-25)35-2)20-36-19-22-14-24(16-26(15-22)29(30,31)32)23-8-6-21(18-33)7-9-23/h3-9,14-17H,10-13,19-20H2,1-2H3. The second kappa shape index (κ2) is 10.7. The number of alkyl halides is 3. The van der Waals surface area contributed by atoms with Crippen molar-refractivity contribution in [1.82, 2.24) is 4.90 Å². The van der Waals surface area contributed by atoms with Crippen molar-refractivity contribution < 1.29 is 22.6 Å². The Morgan fingerprint density at radius 1 is 0.972 bits per heavy atom. The van der Waals surface area contributed by atoms with Gasteiger partial charge in [0, 0.05) is 5.41 Å². The van der Waals surface area contributed by atoms with E-state index in [4.69, 9.17) is 14.7 Å². The van der Waals surface area contributed by atoms with Gasteiger partial charge in [-0.05, 0) is 97.7 Å². The van der Waals surface area contributed by atoms with Crippen molar-refractivity contribution in [3.8, 4) is 22.9 Å². The Morgan fingerprint density at radius 3 is 2.33 bits per heavy atom. The van der Waals surface area contributed by atoms with Gasteiger partial charge in [0.1, 0.15) is 5.75 Å². The lowest BCUT2D eigenvalue weighted by Gasteiger charge is -2.41. The summed E-state index contributed by atoms with van der Waals surface area (Å²) in [6.45, 7) is 2.28. The smallest absolute Gasteiger partial charge is 0.416 e. The molecule has 0 aliphatic carbocycles. The summed E-state index contributed by atoms with van der Waals surface area (Å²) in [7, 11) is 3.72. The quantitative estimate of drug-likeness (QED) is 0.380. The molecule has 0 unspecified atom stereocenters. The van der Waals surface area contributed by atoms with Crippen LogP contribution in [0.4, 0.5) is 13.2 Å². The zero-order chi connectivity index (χ0) is 25.8. The van der Waals surface area contributed by atoms with Crippen LogP contribution in [0.25, 0.3) is 11.1 Å². The Kier molecular flexibility index (Phi) is 7.67. The number of benzene rings is 3. The predicted molar refractivity (Wildman–Crippen MR) is 133 cm³/mol. The molecule has 0 atom stereocenters. The summed E-state index contributed by atoms with van der Waals surface area (Å²) in [6, 6.07) is 20.5. The lowest BCUT2D eigenvalue weighted by atomic mass is 9.73. The number of hydrogen-bond donors (Lipinski definition) is 0. The van der Waals surface area contributed by atoms with Crippen molar-refractivity contribution in [1.29, 1.82) is 5.26 Å². The molecule has 1 fully saturated rings. The van der Waals surface area contributed by atoms with Crippen molar-refractivity contribution in [3.05, 3.63) is 89.0 Å². The first kappa shape index (κ1) is 25.7. The van der Waals surface area contributed by atoms with Crippen molar-refractivity contribution in [2.24, 2.45) is 0 Å². The molecule has 4 nitrogen and oxygen atoms in total. The first-order valence-electron chi connectivity index (χ1n) is 11.8. The van der Waals surface area contributed by atoms with Gasteiger partial charge in [-0.1, -0.05) is 24.3 Å². The van der Waals surface area contributed by atoms with Crippen LogP contribution in [-0.2, 0) is 22.9 Å². The van der Waals surface area contributed by atoms with Gasteiger partial charge in [-0.2, -0.15) is 18.4 Å². The minimum absolute atomic E-state index is 0.0642. The fourth-order valence-electron chi connectivity index (χ4n) is 4.72. The number of hydrogen-bond acceptors (Lipinski definition) is 4. The normalized spacial score (nSPS) is 15.9. The number of likely N-dealkylation sites (tertiary alicyclic amines) is 1. The summed E-state index contributed by atoms with van der Waals surface area (Å²) < 4.78 is 52.6. The molecular formula is C29H29F3N2O2. The largest absolute Gasteiger partial charge is 0.497 e. The number of rotatable bonds is 7. The van der Waals surface area contributed by atoms with E-state index in [0.717, 1.165) is 49.4 Å². The maximum absolute atomic E-state index is 13.7. The lowest BCUT2D eigenvalue weighted by molar-refractivity contribution is -0.137. The van der Waals surface area contributed by atoms with Crippen LogP contribution in [-0.4, -0.2) is 38.8 Å². The summed E-state index contributed by atoms with van der Waals surface area (Å²) in [4.78, 5) is 2.27. The van der Waals surface area contributed by atoms with Gasteiger partial charge >= 0.3 is 6.18 Å². The lowest BCUT2D eigenvalue weighted by Crippen LogP contribution is -2.43. The van der Waals surface area contributed by atoms with Crippen molar-refractivity contribution >= 4 is 0 Å². The average Bonchev–Trinajstić information content (AvgIpc) is 2.89. The molecule has 1 heterocycles. The minimum atomic E-state index is -4.48. The third kappa shape index (κ3) is 5.89. The molecule has 3 aromatic rings. The molecular weight excluding hydrogens is 465 g/mol. The van der Waals surface area contributed by atoms with Crippen LogP contribution < -0.4 is 4.74 Å². The molecule has 0 saturated carbocycles. The molecule has 3 aromatic carbocycles. The van der Waals surface area contributed by atoms with E-state index in [1.807, 2.05) is 24.3 Å². The Morgan fingerprint density at radius 2 is 1.69 bits per heavy atom. The molecule has 188 valence electrons. The zero-order valence-electron chi connectivity index (χ0n) is 20.4. The molecule has 0 bridgehead atoms. The van der Waals surface area contributed by atoms with Crippen LogP contribution >= 0.6 is 0 Å². The topological polar surface area (TPSA) is 45.5 Å². The monoisotopic (exact) mass is 494 g/mol. The van der Waals surface area contributed by atoms with E-state index in [2.05, 4.69) is 18.0 Å². The van der Waals surface area contributed by atoms with E-state index in [1.54, 1.807) is 37.4 Å². The predicted octanol–water partition coefficient (Wildman–Crippen LogP) is 6.43. The third-order valence-corrected chi connectivity index (χ3v) is 6.94. The van der Waals surface area contributed by atoms with Crippen molar-refractivity contribution in [2.75, 3.05) is 33.9 Å². The summed E-state index contributed by atoms with van der Waals surface area (Å²) >= 11 is 0. The molecule has 36 heavy (non-hydrogen) atoms. The highest BCUT2D eigenvalue weighted by atomic mass is 19.4. The van der Waals surface area contributed by atoms with E-state index < -0.39 is 11.7 Å². The molecule has 0 aromatic heterocycles. The zero-order valence-corrected chi connectivity index (χ0v) is 20.4. The SMILES string of the molecule is COc1cccc(C2(COCc3cc(-c4ccc(C#N)cc4)cc(C(F)(F)F)c3)CCN(C)CC2)c1. The second-order valence-corrected chi connectivity index (χ2v) is 9.41.